The van der Waals surface area contributed by atoms with E-state index in [1.54, 1.807) is 0 Å². The fraction of sp³-hybridized carbons (Fsp3) is 0.387. The number of rotatable bonds is 10. The Bertz CT molecular complexity index is 1150. The molecule has 1 N–H and O–H groups in total. The van der Waals surface area contributed by atoms with Crippen molar-refractivity contribution in [3.05, 3.63) is 106 Å². The highest BCUT2D eigenvalue weighted by molar-refractivity contribution is 6.42. The normalized spacial score (nSPS) is 16.3. The van der Waals surface area contributed by atoms with E-state index in [-0.39, 0.29) is 11.8 Å². The van der Waals surface area contributed by atoms with Crippen LogP contribution in [0, 0.1) is 0 Å². The van der Waals surface area contributed by atoms with Crippen LogP contribution in [-0.4, -0.2) is 54.0 Å². The molecule has 1 atom stereocenters. The zero-order valence-corrected chi connectivity index (χ0v) is 23.0. The molecule has 3 aromatic rings. The lowest BCUT2D eigenvalue weighted by Gasteiger charge is -2.39. The Hall–Kier alpha value is -2.37. The summed E-state index contributed by atoms with van der Waals surface area (Å²) in [7, 11) is 1.88. The van der Waals surface area contributed by atoms with Crippen LogP contribution < -0.4 is 0 Å². The first-order chi connectivity index (χ1) is 17.8. The fourth-order valence-corrected chi connectivity index (χ4v) is 5.41. The molecule has 6 heteroatoms. The zero-order valence-electron chi connectivity index (χ0n) is 21.5. The molecule has 4 nitrogen and oxygen atoms in total. The van der Waals surface area contributed by atoms with Crippen molar-refractivity contribution in [2.45, 2.75) is 43.6 Å². The number of nitrogens with zero attached hydrogens (tertiary/aromatic N) is 2. The number of amides is 1. The Morgan fingerprint density at radius 2 is 1.62 bits per heavy atom. The van der Waals surface area contributed by atoms with E-state index in [0.717, 1.165) is 43.6 Å². The lowest BCUT2D eigenvalue weighted by atomic mass is 9.84. The number of carbonyl (C=O) groups is 1. The van der Waals surface area contributed by atoms with Crippen LogP contribution in [0.15, 0.2) is 78.9 Å². The van der Waals surface area contributed by atoms with Gasteiger partial charge in [-0.1, -0.05) is 89.9 Å². The quantitative estimate of drug-likeness (QED) is 0.318. The maximum absolute atomic E-state index is 13.2. The highest BCUT2D eigenvalue weighted by atomic mass is 35.5. The number of halogens is 2. The van der Waals surface area contributed by atoms with Crippen LogP contribution in [0.4, 0.5) is 0 Å². The summed E-state index contributed by atoms with van der Waals surface area (Å²) in [6, 6.07) is 25.9. The molecular formula is C31H36Cl2N2O2. The van der Waals surface area contributed by atoms with Gasteiger partial charge in [0.1, 0.15) is 0 Å². The van der Waals surface area contributed by atoms with Gasteiger partial charge in [-0.15, -0.1) is 0 Å². The van der Waals surface area contributed by atoms with E-state index in [2.05, 4.69) is 17.0 Å². The SMILES string of the molecule is CN(CCc1ccccc1)C(=O)CC(CCN1CCC(O)(c2ccccc2)CC1)c1ccc(Cl)c(Cl)c1. The van der Waals surface area contributed by atoms with Gasteiger partial charge in [-0.05, 0) is 67.0 Å². The summed E-state index contributed by atoms with van der Waals surface area (Å²) in [5.41, 5.74) is 2.49. The molecule has 0 aliphatic carbocycles. The third-order valence-electron chi connectivity index (χ3n) is 7.63. The number of aliphatic hydroxyl groups is 1. The van der Waals surface area contributed by atoms with Crippen LogP contribution in [0.2, 0.25) is 10.0 Å². The molecule has 3 aromatic carbocycles. The summed E-state index contributed by atoms with van der Waals surface area (Å²) in [6.45, 7) is 3.19. The van der Waals surface area contributed by atoms with Gasteiger partial charge >= 0.3 is 0 Å². The highest BCUT2D eigenvalue weighted by Gasteiger charge is 2.34. The molecule has 0 radical (unpaired) electrons. The molecule has 37 heavy (non-hydrogen) atoms. The van der Waals surface area contributed by atoms with Gasteiger partial charge in [0.05, 0.1) is 15.6 Å². The maximum Gasteiger partial charge on any atom is 0.222 e. The van der Waals surface area contributed by atoms with Gasteiger partial charge in [-0.3, -0.25) is 4.79 Å². The van der Waals surface area contributed by atoms with E-state index in [1.807, 2.05) is 78.7 Å². The predicted molar refractivity (Wildman–Crippen MR) is 152 cm³/mol. The van der Waals surface area contributed by atoms with Gasteiger partial charge in [0.25, 0.3) is 0 Å². The second-order valence-corrected chi connectivity index (χ2v) is 11.0. The summed E-state index contributed by atoms with van der Waals surface area (Å²) in [4.78, 5) is 17.4. The molecule has 0 saturated carbocycles. The Morgan fingerprint density at radius 1 is 0.973 bits per heavy atom. The summed E-state index contributed by atoms with van der Waals surface area (Å²) >= 11 is 12.5. The number of likely N-dealkylation sites (tertiary alicyclic amines) is 1. The molecule has 1 heterocycles. The molecule has 0 aromatic heterocycles. The lowest BCUT2D eigenvalue weighted by Crippen LogP contribution is -2.43. The number of likely N-dealkylation sites (N-methyl/N-ethyl adjacent to an activating group) is 1. The number of hydrogen-bond donors (Lipinski definition) is 1. The molecule has 0 spiro atoms. The Kier molecular flexibility index (Phi) is 9.66. The number of benzene rings is 3. The smallest absolute Gasteiger partial charge is 0.222 e. The molecule has 196 valence electrons. The van der Waals surface area contributed by atoms with Crippen molar-refractivity contribution in [2.75, 3.05) is 33.2 Å². The van der Waals surface area contributed by atoms with Gasteiger partial charge < -0.3 is 14.9 Å². The van der Waals surface area contributed by atoms with Crippen molar-refractivity contribution < 1.29 is 9.90 Å². The van der Waals surface area contributed by atoms with Crippen LogP contribution >= 0.6 is 23.2 Å². The monoisotopic (exact) mass is 538 g/mol. The summed E-state index contributed by atoms with van der Waals surface area (Å²) in [5.74, 6) is 0.167. The van der Waals surface area contributed by atoms with Crippen LogP contribution in [0.3, 0.4) is 0 Å². The van der Waals surface area contributed by atoms with Gasteiger partial charge in [0, 0.05) is 33.1 Å². The lowest BCUT2D eigenvalue weighted by molar-refractivity contribution is -0.130. The zero-order chi connectivity index (χ0) is 26.3. The Balaban J connectivity index is 1.37. The van der Waals surface area contributed by atoms with E-state index < -0.39 is 5.60 Å². The first kappa shape index (κ1) is 27.7. The van der Waals surface area contributed by atoms with E-state index in [0.29, 0.717) is 35.9 Å². The number of hydrogen-bond acceptors (Lipinski definition) is 3. The summed E-state index contributed by atoms with van der Waals surface area (Å²) in [6.07, 6.45) is 3.49. The van der Waals surface area contributed by atoms with Crippen LogP contribution in [0.1, 0.15) is 48.3 Å². The van der Waals surface area contributed by atoms with Gasteiger partial charge in [0.15, 0.2) is 0 Å². The molecule has 0 bridgehead atoms. The third kappa shape index (κ3) is 7.58. The molecule has 1 aliphatic heterocycles. The van der Waals surface area contributed by atoms with Crippen LogP contribution in [0.25, 0.3) is 0 Å². The third-order valence-corrected chi connectivity index (χ3v) is 8.37. The van der Waals surface area contributed by atoms with E-state index >= 15 is 0 Å². The van der Waals surface area contributed by atoms with Gasteiger partial charge in [-0.25, -0.2) is 0 Å². The van der Waals surface area contributed by atoms with Gasteiger partial charge in [0.2, 0.25) is 5.91 Å². The van der Waals surface area contributed by atoms with Crippen molar-refractivity contribution in [1.29, 1.82) is 0 Å². The van der Waals surface area contributed by atoms with E-state index in [4.69, 9.17) is 23.2 Å². The van der Waals surface area contributed by atoms with Crippen LogP contribution in [0.5, 0.6) is 0 Å². The predicted octanol–water partition coefficient (Wildman–Crippen LogP) is 6.54. The average molecular weight is 540 g/mol. The molecule has 4 rings (SSSR count). The number of piperidine rings is 1. The topological polar surface area (TPSA) is 43.8 Å². The average Bonchev–Trinajstić information content (AvgIpc) is 2.93. The minimum atomic E-state index is -0.766. The first-order valence-corrected chi connectivity index (χ1v) is 13.8. The van der Waals surface area contributed by atoms with Gasteiger partial charge in [-0.2, -0.15) is 0 Å². The number of carbonyl (C=O) groups excluding carboxylic acids is 1. The molecule has 1 aliphatic rings. The fourth-order valence-electron chi connectivity index (χ4n) is 5.11. The first-order valence-electron chi connectivity index (χ1n) is 13.1. The summed E-state index contributed by atoms with van der Waals surface area (Å²) in [5, 5.41) is 12.2. The Labute approximate surface area is 230 Å². The largest absolute Gasteiger partial charge is 0.385 e. The van der Waals surface area contributed by atoms with Crippen molar-refractivity contribution in [3.63, 3.8) is 0 Å². The van der Waals surface area contributed by atoms with Crippen LogP contribution in [-0.2, 0) is 16.8 Å². The molecule has 1 unspecified atom stereocenters. The highest BCUT2D eigenvalue weighted by Crippen LogP contribution is 2.34. The minimum Gasteiger partial charge on any atom is -0.385 e. The van der Waals surface area contributed by atoms with Crippen molar-refractivity contribution >= 4 is 29.1 Å². The molecular weight excluding hydrogens is 503 g/mol. The van der Waals surface area contributed by atoms with Crippen molar-refractivity contribution in [3.8, 4) is 0 Å². The molecule has 1 amide bonds. The van der Waals surface area contributed by atoms with Crippen molar-refractivity contribution in [1.82, 2.24) is 9.80 Å². The maximum atomic E-state index is 13.2. The van der Waals surface area contributed by atoms with E-state index in [9.17, 15) is 9.90 Å². The second-order valence-electron chi connectivity index (χ2n) is 10.2. The Morgan fingerprint density at radius 3 is 2.27 bits per heavy atom. The minimum absolute atomic E-state index is 0.0383. The van der Waals surface area contributed by atoms with E-state index in [1.165, 1.54) is 5.56 Å². The second kappa shape index (κ2) is 12.9. The molecule has 1 fully saturated rings. The van der Waals surface area contributed by atoms with Crippen molar-refractivity contribution in [2.24, 2.45) is 0 Å². The standard InChI is InChI=1S/C31H36Cl2N2O2/c1-34(18-14-24-8-4-2-5-9-24)30(36)23-26(25-12-13-28(32)29(33)22-25)15-19-35-20-16-31(37,17-21-35)27-10-6-3-7-11-27/h2-13,22,26,37H,14-21,23H2,1H3. The summed E-state index contributed by atoms with van der Waals surface area (Å²) < 4.78 is 0. The molecule has 1 saturated heterocycles.